The van der Waals surface area contributed by atoms with Crippen LogP contribution in [0.3, 0.4) is 0 Å². The molecule has 1 aromatic carbocycles. The van der Waals surface area contributed by atoms with E-state index in [0.29, 0.717) is 10.0 Å². The number of hydrogen-bond donors (Lipinski definition) is 2. The molecule has 0 aliphatic heterocycles. The number of aromatic nitrogens is 1. The van der Waals surface area contributed by atoms with Crippen LogP contribution < -0.4 is 4.72 Å². The maximum absolute atomic E-state index is 12.4. The predicted molar refractivity (Wildman–Crippen MR) is 85.7 cm³/mol. The summed E-state index contributed by atoms with van der Waals surface area (Å²) in [5, 5.41) is 11.7. The van der Waals surface area contributed by atoms with E-state index in [1.165, 1.54) is 17.4 Å². The van der Waals surface area contributed by atoms with Crippen LogP contribution in [0, 0.1) is 6.92 Å². The highest BCUT2D eigenvalue weighted by atomic mass is 79.9. The van der Waals surface area contributed by atoms with Crippen molar-refractivity contribution in [1.29, 1.82) is 0 Å². The topological polar surface area (TPSA) is 79.3 Å². The normalized spacial score (nSPS) is 13.3. The van der Waals surface area contributed by atoms with E-state index in [2.05, 4.69) is 25.6 Å². The van der Waals surface area contributed by atoms with E-state index in [9.17, 15) is 8.42 Å². The molecule has 1 aromatic heterocycles. The number of sulfonamides is 1. The largest absolute Gasteiger partial charge is 0.392 e. The number of hydrogen-bond acceptors (Lipinski definition) is 5. The molecule has 1 heterocycles. The van der Waals surface area contributed by atoms with E-state index in [0.717, 1.165) is 10.7 Å². The first-order valence-electron chi connectivity index (χ1n) is 6.17. The molecule has 114 valence electrons. The highest BCUT2D eigenvalue weighted by Crippen LogP contribution is 2.26. The number of thiazole rings is 1. The molecular weight excluding hydrogens is 376 g/mol. The third-order valence-corrected chi connectivity index (χ3v) is 6.47. The first kappa shape index (κ1) is 16.6. The summed E-state index contributed by atoms with van der Waals surface area (Å²) in [7, 11) is -3.67. The van der Waals surface area contributed by atoms with E-state index in [1.54, 1.807) is 19.1 Å². The highest BCUT2D eigenvalue weighted by Gasteiger charge is 2.22. The van der Waals surface area contributed by atoms with Crippen molar-refractivity contribution in [1.82, 2.24) is 9.71 Å². The lowest BCUT2D eigenvalue weighted by atomic mass is 10.2. The van der Waals surface area contributed by atoms with Gasteiger partial charge in [-0.2, -0.15) is 0 Å². The molecule has 2 aromatic rings. The molecule has 21 heavy (non-hydrogen) atoms. The Morgan fingerprint density at radius 3 is 2.71 bits per heavy atom. The fourth-order valence-corrected chi connectivity index (χ4v) is 4.99. The first-order chi connectivity index (χ1) is 9.83. The number of aryl methyl sites for hydroxylation is 1. The van der Waals surface area contributed by atoms with Crippen molar-refractivity contribution in [2.24, 2.45) is 0 Å². The Bertz CT molecular complexity index is 744. The lowest BCUT2D eigenvalue weighted by Crippen LogP contribution is -2.27. The van der Waals surface area contributed by atoms with E-state index < -0.39 is 16.1 Å². The van der Waals surface area contributed by atoms with Gasteiger partial charge in [-0.15, -0.1) is 11.3 Å². The summed E-state index contributed by atoms with van der Waals surface area (Å²) in [5.74, 6) is 0. The Labute approximate surface area is 136 Å². The molecule has 1 atom stereocenters. The van der Waals surface area contributed by atoms with E-state index in [1.807, 2.05) is 12.3 Å². The molecule has 1 unspecified atom stereocenters. The average molecular weight is 391 g/mol. The second kappa shape index (κ2) is 6.53. The van der Waals surface area contributed by atoms with Gasteiger partial charge in [0.2, 0.25) is 10.0 Å². The summed E-state index contributed by atoms with van der Waals surface area (Å²) in [6.07, 6.45) is 0. The van der Waals surface area contributed by atoms with Gasteiger partial charge in [0.1, 0.15) is 5.01 Å². The zero-order valence-corrected chi connectivity index (χ0v) is 14.7. The molecule has 2 rings (SSSR count). The number of nitrogens with one attached hydrogen (secondary N) is 1. The Morgan fingerprint density at radius 1 is 1.48 bits per heavy atom. The molecular formula is C13H15BrN2O3S2. The van der Waals surface area contributed by atoms with Gasteiger partial charge in [-0.25, -0.2) is 18.1 Å². The number of halogens is 1. The SMILES string of the molecule is Cc1csc(C(C)NS(=O)(=O)c2ccc(CO)cc2Br)n1. The Morgan fingerprint density at radius 2 is 2.19 bits per heavy atom. The molecule has 0 spiro atoms. The fraction of sp³-hybridized carbons (Fsp3) is 0.308. The van der Waals surface area contributed by atoms with Gasteiger partial charge in [-0.05, 0) is 47.5 Å². The Hall–Kier alpha value is -0.800. The summed E-state index contributed by atoms with van der Waals surface area (Å²) in [4.78, 5) is 4.42. The van der Waals surface area contributed by atoms with Gasteiger partial charge in [-0.1, -0.05) is 6.07 Å². The quantitative estimate of drug-likeness (QED) is 0.822. The van der Waals surface area contributed by atoms with Gasteiger partial charge in [0.15, 0.2) is 0 Å². The van der Waals surface area contributed by atoms with Crippen LogP contribution in [-0.4, -0.2) is 18.5 Å². The van der Waals surface area contributed by atoms with Gasteiger partial charge in [0.05, 0.1) is 17.5 Å². The molecule has 5 nitrogen and oxygen atoms in total. The summed E-state index contributed by atoms with van der Waals surface area (Å²) in [5.41, 5.74) is 1.51. The molecule has 0 bridgehead atoms. The zero-order valence-electron chi connectivity index (χ0n) is 11.5. The summed E-state index contributed by atoms with van der Waals surface area (Å²) >= 11 is 4.65. The fourth-order valence-electron chi connectivity index (χ4n) is 1.78. The van der Waals surface area contributed by atoms with Crippen molar-refractivity contribution >= 4 is 37.3 Å². The van der Waals surface area contributed by atoms with Crippen molar-refractivity contribution < 1.29 is 13.5 Å². The van der Waals surface area contributed by atoms with Crippen molar-refractivity contribution in [2.75, 3.05) is 0 Å². The number of aliphatic hydroxyl groups excluding tert-OH is 1. The van der Waals surface area contributed by atoms with Crippen molar-refractivity contribution in [3.8, 4) is 0 Å². The monoisotopic (exact) mass is 390 g/mol. The molecule has 0 fully saturated rings. The minimum atomic E-state index is -3.67. The minimum Gasteiger partial charge on any atom is -0.392 e. The molecule has 8 heteroatoms. The van der Waals surface area contributed by atoms with Crippen molar-refractivity contribution in [3.05, 3.63) is 44.3 Å². The van der Waals surface area contributed by atoms with Gasteiger partial charge >= 0.3 is 0 Å². The number of rotatable bonds is 5. The van der Waals surface area contributed by atoms with Crippen molar-refractivity contribution in [3.63, 3.8) is 0 Å². The summed E-state index contributed by atoms with van der Waals surface area (Å²) in [6, 6.07) is 4.24. The van der Waals surface area contributed by atoms with Crippen LogP contribution >= 0.6 is 27.3 Å². The molecule has 2 N–H and O–H groups in total. The standard InChI is InChI=1S/C13H15BrN2O3S2/c1-8-7-20-13(15-8)9(2)16-21(18,19)12-4-3-10(6-17)5-11(12)14/h3-5,7,9,16-17H,6H2,1-2H3. The van der Waals surface area contributed by atoms with E-state index in [-0.39, 0.29) is 11.5 Å². The van der Waals surface area contributed by atoms with E-state index in [4.69, 9.17) is 5.11 Å². The van der Waals surface area contributed by atoms with Gasteiger partial charge in [0.25, 0.3) is 0 Å². The number of aliphatic hydroxyl groups is 1. The summed E-state index contributed by atoms with van der Waals surface area (Å²) in [6.45, 7) is 3.48. The lowest BCUT2D eigenvalue weighted by Gasteiger charge is -2.13. The lowest BCUT2D eigenvalue weighted by molar-refractivity contribution is 0.281. The first-order valence-corrected chi connectivity index (χ1v) is 9.32. The van der Waals surface area contributed by atoms with Crippen LogP contribution in [0.15, 0.2) is 32.9 Å². The highest BCUT2D eigenvalue weighted by molar-refractivity contribution is 9.10. The molecule has 0 saturated carbocycles. The molecule has 0 radical (unpaired) electrons. The van der Waals surface area contributed by atoms with Crippen LogP contribution in [0.1, 0.15) is 29.2 Å². The Kier molecular flexibility index (Phi) is 5.15. The van der Waals surface area contributed by atoms with Crippen LogP contribution in [0.4, 0.5) is 0 Å². The van der Waals surface area contributed by atoms with Crippen molar-refractivity contribution in [2.45, 2.75) is 31.4 Å². The van der Waals surface area contributed by atoms with Gasteiger partial charge < -0.3 is 5.11 Å². The van der Waals surface area contributed by atoms with E-state index >= 15 is 0 Å². The average Bonchev–Trinajstić information content (AvgIpc) is 2.84. The van der Waals surface area contributed by atoms with Gasteiger partial charge in [0, 0.05) is 15.5 Å². The van der Waals surface area contributed by atoms with Crippen LogP contribution in [-0.2, 0) is 16.6 Å². The second-order valence-electron chi connectivity index (χ2n) is 4.59. The Balaban J connectivity index is 2.26. The van der Waals surface area contributed by atoms with Gasteiger partial charge in [-0.3, -0.25) is 0 Å². The maximum Gasteiger partial charge on any atom is 0.242 e. The zero-order chi connectivity index (χ0) is 15.6. The van der Waals surface area contributed by atoms with Crippen LogP contribution in [0.25, 0.3) is 0 Å². The van der Waals surface area contributed by atoms with Crippen LogP contribution in [0.2, 0.25) is 0 Å². The second-order valence-corrected chi connectivity index (χ2v) is 8.02. The molecule has 0 aliphatic rings. The summed E-state index contributed by atoms with van der Waals surface area (Å²) < 4.78 is 27.9. The molecule has 0 aliphatic carbocycles. The number of nitrogens with zero attached hydrogens (tertiary/aromatic N) is 1. The third-order valence-electron chi connectivity index (χ3n) is 2.81. The van der Waals surface area contributed by atoms with Crippen LogP contribution in [0.5, 0.6) is 0 Å². The smallest absolute Gasteiger partial charge is 0.242 e. The number of benzene rings is 1. The third kappa shape index (κ3) is 3.89. The maximum atomic E-state index is 12.4. The molecule has 0 amide bonds. The molecule has 0 saturated heterocycles. The minimum absolute atomic E-state index is 0.138. The predicted octanol–water partition coefficient (Wildman–Crippen LogP) is 2.75.